The van der Waals surface area contributed by atoms with Gasteiger partial charge in [-0.25, -0.2) is 9.97 Å². The van der Waals surface area contributed by atoms with Crippen LogP contribution in [-0.2, 0) is 10.3 Å². The van der Waals surface area contributed by atoms with Crippen LogP contribution < -0.4 is 15.8 Å². The number of nitrogens with one attached hydrogen (secondary N) is 1. The molecule has 3 unspecified atom stereocenters. The number of aliphatic hydroxyl groups is 1. The van der Waals surface area contributed by atoms with Crippen molar-refractivity contribution in [2.75, 3.05) is 0 Å². The molecule has 1 amide bonds. The molecule has 0 saturated heterocycles. The van der Waals surface area contributed by atoms with Crippen LogP contribution in [0.5, 0.6) is 5.75 Å². The fourth-order valence-corrected chi connectivity index (χ4v) is 5.15. The second kappa shape index (κ2) is 6.85. The molecule has 3 aromatic rings. The van der Waals surface area contributed by atoms with Crippen molar-refractivity contribution >= 4 is 17.5 Å². The summed E-state index contributed by atoms with van der Waals surface area (Å²) in [6, 6.07) is 6.52. The zero-order chi connectivity index (χ0) is 23.8. The van der Waals surface area contributed by atoms with E-state index in [1.807, 2.05) is 19.9 Å². The van der Waals surface area contributed by atoms with Crippen molar-refractivity contribution in [1.29, 1.82) is 0 Å². The monoisotopic (exact) mass is 457 g/mol. The summed E-state index contributed by atoms with van der Waals surface area (Å²) >= 11 is 0. The van der Waals surface area contributed by atoms with Crippen LogP contribution in [-0.4, -0.2) is 43.0 Å². The number of ketones is 1. The molecule has 0 bridgehead atoms. The van der Waals surface area contributed by atoms with Gasteiger partial charge in [0.2, 0.25) is 11.3 Å². The lowest BCUT2D eigenvalue weighted by Crippen LogP contribution is -2.63. The highest BCUT2D eigenvalue weighted by molar-refractivity contribution is 6.14. The number of carbonyl (C=O) groups excluding carboxylic acids is 2. The first-order chi connectivity index (χ1) is 16.3. The number of rotatable bonds is 3. The minimum Gasteiger partial charge on any atom is -0.454 e. The molecule has 2 aliphatic carbocycles. The molecule has 3 aliphatic rings. The first-order valence-corrected chi connectivity index (χ1v) is 11.2. The van der Waals surface area contributed by atoms with Crippen molar-refractivity contribution in [2.24, 2.45) is 5.73 Å². The Morgan fingerprint density at radius 2 is 2.21 bits per heavy atom. The lowest BCUT2D eigenvalue weighted by Gasteiger charge is -2.35. The summed E-state index contributed by atoms with van der Waals surface area (Å²) in [4.78, 5) is 35.9. The molecule has 1 aliphatic heterocycles. The Morgan fingerprint density at radius 1 is 1.38 bits per heavy atom. The van der Waals surface area contributed by atoms with Gasteiger partial charge in [0.05, 0.1) is 0 Å². The van der Waals surface area contributed by atoms with Crippen LogP contribution in [0.3, 0.4) is 0 Å². The molecule has 0 radical (unpaired) electrons. The summed E-state index contributed by atoms with van der Waals surface area (Å²) in [6.45, 7) is 4.08. The van der Waals surface area contributed by atoms with Gasteiger partial charge < -0.3 is 20.9 Å². The van der Waals surface area contributed by atoms with E-state index in [0.717, 1.165) is 5.56 Å². The van der Waals surface area contributed by atoms with Gasteiger partial charge in [-0.3, -0.25) is 14.0 Å². The number of hydrogen-bond acceptors (Lipinski definition) is 7. The molecule has 6 rings (SSSR count). The van der Waals surface area contributed by atoms with Gasteiger partial charge >= 0.3 is 0 Å². The van der Waals surface area contributed by atoms with E-state index in [4.69, 9.17) is 10.5 Å². The number of nitrogens with two attached hydrogens (primary N) is 1. The SMILES string of the molecule is CC(C)c1ccc2c(c1)OC1(O)C3=C(C(=O)C21NC(=O)c1cn2cccnc2n1)C(N)CC=C3. The Morgan fingerprint density at radius 3 is 2.97 bits per heavy atom. The van der Waals surface area contributed by atoms with Crippen molar-refractivity contribution in [2.45, 2.75) is 43.6 Å². The van der Waals surface area contributed by atoms with Crippen LogP contribution in [0.25, 0.3) is 5.78 Å². The zero-order valence-electron chi connectivity index (χ0n) is 18.6. The normalized spacial score (nSPS) is 27.1. The van der Waals surface area contributed by atoms with E-state index in [0.29, 0.717) is 23.5 Å². The van der Waals surface area contributed by atoms with Crippen LogP contribution in [0.15, 0.2) is 66.2 Å². The van der Waals surface area contributed by atoms with Crippen LogP contribution in [0.1, 0.15) is 47.8 Å². The minimum atomic E-state index is -2.14. The van der Waals surface area contributed by atoms with Gasteiger partial charge in [0, 0.05) is 41.3 Å². The molecule has 172 valence electrons. The van der Waals surface area contributed by atoms with Crippen molar-refractivity contribution in [1.82, 2.24) is 19.7 Å². The highest BCUT2D eigenvalue weighted by atomic mass is 16.6. The minimum absolute atomic E-state index is 0.0557. The highest BCUT2D eigenvalue weighted by Crippen LogP contribution is 2.57. The van der Waals surface area contributed by atoms with Crippen LogP contribution in [0.2, 0.25) is 0 Å². The summed E-state index contributed by atoms with van der Waals surface area (Å²) in [5, 5.41) is 14.8. The quantitative estimate of drug-likeness (QED) is 0.546. The molecule has 2 aromatic heterocycles. The van der Waals surface area contributed by atoms with Crippen LogP contribution in [0.4, 0.5) is 0 Å². The van der Waals surface area contributed by atoms with E-state index in [2.05, 4.69) is 15.3 Å². The first kappa shape index (κ1) is 20.8. The van der Waals surface area contributed by atoms with Gasteiger partial charge in [0.1, 0.15) is 11.4 Å². The molecular weight excluding hydrogens is 434 g/mol. The zero-order valence-corrected chi connectivity index (χ0v) is 18.6. The smallest absolute Gasteiger partial charge is 0.272 e. The number of aromatic nitrogens is 3. The van der Waals surface area contributed by atoms with Gasteiger partial charge in [0.25, 0.3) is 11.7 Å². The Hall–Kier alpha value is -3.82. The molecule has 1 aromatic carbocycles. The Balaban J connectivity index is 1.52. The summed E-state index contributed by atoms with van der Waals surface area (Å²) < 4.78 is 7.72. The average molecular weight is 457 g/mol. The predicted molar refractivity (Wildman–Crippen MR) is 122 cm³/mol. The van der Waals surface area contributed by atoms with Crippen LogP contribution in [0, 0.1) is 0 Å². The lowest BCUT2D eigenvalue weighted by molar-refractivity contribution is -0.154. The first-order valence-electron chi connectivity index (χ1n) is 11.2. The number of fused-ring (bicyclic) bond motifs is 5. The average Bonchev–Trinajstić information content (AvgIpc) is 3.41. The fraction of sp³-hybridized carbons (Fsp3) is 0.280. The van der Waals surface area contributed by atoms with E-state index in [-0.39, 0.29) is 22.8 Å². The van der Waals surface area contributed by atoms with Gasteiger partial charge in [-0.2, -0.15) is 0 Å². The maximum Gasteiger partial charge on any atom is 0.272 e. The molecule has 34 heavy (non-hydrogen) atoms. The third kappa shape index (κ3) is 2.50. The third-order valence-electron chi connectivity index (χ3n) is 6.90. The van der Waals surface area contributed by atoms with Crippen LogP contribution >= 0.6 is 0 Å². The number of nitrogens with zero attached hydrogens (tertiary/aromatic N) is 3. The molecule has 3 heterocycles. The molecule has 0 saturated carbocycles. The van der Waals surface area contributed by atoms with Crippen molar-refractivity contribution < 1.29 is 19.4 Å². The van der Waals surface area contributed by atoms with Gasteiger partial charge in [-0.05, 0) is 30.0 Å². The number of carbonyl (C=O) groups is 2. The van der Waals surface area contributed by atoms with E-state index in [1.54, 1.807) is 47.1 Å². The molecule has 0 spiro atoms. The Bertz CT molecular complexity index is 1420. The number of hydrogen-bond donors (Lipinski definition) is 3. The molecule has 0 fully saturated rings. The topological polar surface area (TPSA) is 132 Å². The van der Waals surface area contributed by atoms with Crippen molar-refractivity contribution in [3.05, 3.63) is 83.0 Å². The summed E-state index contributed by atoms with van der Waals surface area (Å²) in [7, 11) is 0. The fourth-order valence-electron chi connectivity index (χ4n) is 5.15. The Kier molecular flexibility index (Phi) is 4.18. The number of ether oxygens (including phenoxy) is 1. The van der Waals surface area contributed by atoms with E-state index >= 15 is 0 Å². The summed E-state index contributed by atoms with van der Waals surface area (Å²) in [6.07, 6.45) is 8.71. The van der Waals surface area contributed by atoms with Gasteiger partial charge in [0.15, 0.2) is 5.78 Å². The summed E-state index contributed by atoms with van der Waals surface area (Å²) in [5.41, 5.74) is 6.34. The number of amides is 1. The summed E-state index contributed by atoms with van der Waals surface area (Å²) in [5.74, 6) is -2.37. The number of benzene rings is 1. The highest BCUT2D eigenvalue weighted by Gasteiger charge is 2.72. The van der Waals surface area contributed by atoms with Gasteiger partial charge in [-0.15, -0.1) is 0 Å². The largest absolute Gasteiger partial charge is 0.454 e. The third-order valence-corrected chi connectivity index (χ3v) is 6.90. The van der Waals surface area contributed by atoms with E-state index < -0.39 is 29.1 Å². The maximum atomic E-state index is 14.0. The molecule has 9 nitrogen and oxygen atoms in total. The molecule has 3 atom stereocenters. The second-order valence-electron chi connectivity index (χ2n) is 9.21. The van der Waals surface area contributed by atoms with Crippen molar-refractivity contribution in [3.63, 3.8) is 0 Å². The maximum absolute atomic E-state index is 14.0. The Labute approximate surface area is 195 Å². The second-order valence-corrected chi connectivity index (χ2v) is 9.21. The predicted octanol–water partition coefficient (Wildman–Crippen LogP) is 1.73. The van der Waals surface area contributed by atoms with Gasteiger partial charge in [-0.1, -0.05) is 38.1 Å². The number of imidazole rings is 1. The van der Waals surface area contributed by atoms with Crippen molar-refractivity contribution in [3.8, 4) is 5.75 Å². The molecular formula is C25H23N5O4. The lowest BCUT2D eigenvalue weighted by atomic mass is 9.81. The molecule has 4 N–H and O–H groups in total. The van der Waals surface area contributed by atoms with E-state index in [9.17, 15) is 14.7 Å². The standard InChI is InChI=1S/C25H23N5O4/c1-13(2)14-7-8-15-19(11-14)34-25(33)16-5-3-6-17(26)20(16)21(31)24(15,25)29-22(32)18-12-30-10-4-9-27-23(30)28-18/h3-5,7-13,17,33H,6,26H2,1-2H3,(H,29,32). The number of Topliss-reactive ketones (excluding diaryl/α,β-unsaturated/α-hetero) is 1. The molecule has 9 heteroatoms. The van der Waals surface area contributed by atoms with E-state index in [1.165, 1.54) is 6.20 Å².